The second-order valence-corrected chi connectivity index (χ2v) is 3.27. The number of furan rings is 1. The van der Waals surface area contributed by atoms with Crippen LogP contribution in [0.15, 0.2) is 22.8 Å². The molecule has 1 amide bonds. The van der Waals surface area contributed by atoms with Crippen molar-refractivity contribution in [2.75, 3.05) is 13.1 Å². The van der Waals surface area contributed by atoms with E-state index >= 15 is 0 Å². The maximum atomic E-state index is 11.8. The number of hydrogen-bond donors (Lipinski definition) is 0. The van der Waals surface area contributed by atoms with Gasteiger partial charge in [0.05, 0.1) is 6.26 Å². The molecular weight excluding hydrogens is 202 g/mol. The van der Waals surface area contributed by atoms with Crippen LogP contribution >= 0.6 is 0 Å². The number of hydrogen-bond acceptors (Lipinski definition) is 2. The molecule has 0 aromatic carbocycles. The van der Waals surface area contributed by atoms with Crippen LogP contribution in [-0.2, 0) is 0 Å². The molecule has 0 saturated heterocycles. The molecule has 0 unspecified atom stereocenters. The van der Waals surface area contributed by atoms with Crippen molar-refractivity contribution in [3.8, 4) is 0 Å². The van der Waals surface area contributed by atoms with Gasteiger partial charge in [0.25, 0.3) is 5.91 Å². The van der Waals surface area contributed by atoms with Crippen LogP contribution in [0.3, 0.4) is 0 Å². The summed E-state index contributed by atoms with van der Waals surface area (Å²) in [6.07, 6.45) is 3.49. The zero-order valence-electron chi connectivity index (χ0n) is 10.8. The number of carbonyl (C=O) groups is 1. The fourth-order valence-electron chi connectivity index (χ4n) is 1.41. The molecule has 0 aliphatic heterocycles. The van der Waals surface area contributed by atoms with Crippen molar-refractivity contribution in [2.24, 2.45) is 0 Å². The molecular formula is C13H23NO2. The Morgan fingerprint density at radius 2 is 1.81 bits per heavy atom. The predicted octanol–water partition coefficient (Wildman–Crippen LogP) is 3.57. The summed E-state index contributed by atoms with van der Waals surface area (Å²) in [5.41, 5.74) is 0. The van der Waals surface area contributed by atoms with Gasteiger partial charge in [-0.25, -0.2) is 0 Å². The molecule has 0 radical (unpaired) electrons. The van der Waals surface area contributed by atoms with Crippen LogP contribution in [0.25, 0.3) is 0 Å². The van der Waals surface area contributed by atoms with Gasteiger partial charge in [-0.05, 0) is 25.0 Å². The van der Waals surface area contributed by atoms with Crippen LogP contribution in [0, 0.1) is 0 Å². The maximum absolute atomic E-state index is 11.8. The molecule has 92 valence electrons. The summed E-state index contributed by atoms with van der Waals surface area (Å²) in [6, 6.07) is 3.45. The van der Waals surface area contributed by atoms with E-state index in [0.29, 0.717) is 5.76 Å². The van der Waals surface area contributed by atoms with Gasteiger partial charge < -0.3 is 9.32 Å². The van der Waals surface area contributed by atoms with Gasteiger partial charge in [-0.2, -0.15) is 0 Å². The summed E-state index contributed by atoms with van der Waals surface area (Å²) in [7, 11) is 0. The van der Waals surface area contributed by atoms with Crippen molar-refractivity contribution in [1.82, 2.24) is 4.90 Å². The minimum atomic E-state index is -0.00120. The van der Waals surface area contributed by atoms with Crippen LogP contribution in [0.1, 0.15) is 51.1 Å². The van der Waals surface area contributed by atoms with E-state index in [9.17, 15) is 4.79 Å². The smallest absolute Gasteiger partial charge is 0.289 e. The lowest BCUT2D eigenvalue weighted by molar-refractivity contribution is 0.0723. The summed E-state index contributed by atoms with van der Waals surface area (Å²) in [6.45, 7) is 9.73. The molecule has 1 heterocycles. The highest BCUT2D eigenvalue weighted by molar-refractivity contribution is 5.91. The molecule has 3 heteroatoms. The standard InChI is InChI=1S/C11H17NO2.C2H6/c1-3-7-12(8-4-2)11(13)10-6-5-9-14-10;1-2/h5-6,9H,3-4,7-8H2,1-2H3;1-2H3. The Kier molecular flexibility index (Phi) is 8.31. The quantitative estimate of drug-likeness (QED) is 0.767. The monoisotopic (exact) mass is 225 g/mol. The van der Waals surface area contributed by atoms with Crippen LogP contribution in [-0.4, -0.2) is 23.9 Å². The first kappa shape index (κ1) is 14.8. The first-order valence-corrected chi connectivity index (χ1v) is 6.12. The second kappa shape index (κ2) is 9.01. The van der Waals surface area contributed by atoms with E-state index < -0.39 is 0 Å². The highest BCUT2D eigenvalue weighted by Gasteiger charge is 2.15. The Bertz CT molecular complexity index is 261. The summed E-state index contributed by atoms with van der Waals surface area (Å²) in [4.78, 5) is 13.7. The number of carbonyl (C=O) groups excluding carboxylic acids is 1. The van der Waals surface area contributed by atoms with E-state index in [1.807, 2.05) is 18.7 Å². The Hall–Kier alpha value is -1.25. The lowest BCUT2D eigenvalue weighted by Crippen LogP contribution is -2.32. The molecule has 1 rings (SSSR count). The van der Waals surface area contributed by atoms with Crippen LogP contribution in [0.5, 0.6) is 0 Å². The molecule has 16 heavy (non-hydrogen) atoms. The molecule has 0 spiro atoms. The molecule has 0 atom stereocenters. The Balaban J connectivity index is 0.00000106. The third-order valence-corrected chi connectivity index (χ3v) is 2.01. The van der Waals surface area contributed by atoms with Crippen molar-refractivity contribution in [2.45, 2.75) is 40.5 Å². The average Bonchev–Trinajstić information content (AvgIpc) is 2.84. The Labute approximate surface area is 98.4 Å². The van der Waals surface area contributed by atoms with E-state index in [-0.39, 0.29) is 5.91 Å². The van der Waals surface area contributed by atoms with Crippen molar-refractivity contribution in [3.63, 3.8) is 0 Å². The van der Waals surface area contributed by atoms with Crippen molar-refractivity contribution in [3.05, 3.63) is 24.2 Å². The van der Waals surface area contributed by atoms with Crippen molar-refractivity contribution >= 4 is 5.91 Å². The zero-order chi connectivity index (χ0) is 12.4. The molecule has 1 aromatic heterocycles. The van der Waals surface area contributed by atoms with Gasteiger partial charge in [0.1, 0.15) is 0 Å². The molecule has 0 bridgehead atoms. The van der Waals surface area contributed by atoms with Gasteiger partial charge >= 0.3 is 0 Å². The highest BCUT2D eigenvalue weighted by atomic mass is 16.3. The van der Waals surface area contributed by atoms with E-state index in [4.69, 9.17) is 4.42 Å². The topological polar surface area (TPSA) is 33.5 Å². The Morgan fingerprint density at radius 3 is 2.19 bits per heavy atom. The number of amides is 1. The average molecular weight is 225 g/mol. The second-order valence-electron chi connectivity index (χ2n) is 3.27. The van der Waals surface area contributed by atoms with Crippen molar-refractivity contribution in [1.29, 1.82) is 0 Å². The highest BCUT2D eigenvalue weighted by Crippen LogP contribution is 2.06. The minimum absolute atomic E-state index is 0.00120. The van der Waals surface area contributed by atoms with Crippen LogP contribution in [0.2, 0.25) is 0 Å². The molecule has 3 nitrogen and oxygen atoms in total. The maximum Gasteiger partial charge on any atom is 0.289 e. The largest absolute Gasteiger partial charge is 0.459 e. The van der Waals surface area contributed by atoms with Gasteiger partial charge in [-0.1, -0.05) is 27.7 Å². The number of nitrogens with zero attached hydrogens (tertiary/aromatic N) is 1. The predicted molar refractivity (Wildman–Crippen MR) is 66.5 cm³/mol. The van der Waals surface area contributed by atoms with E-state index in [0.717, 1.165) is 25.9 Å². The molecule has 1 aromatic rings. The first-order chi connectivity index (χ1) is 7.79. The van der Waals surface area contributed by atoms with Gasteiger partial charge in [0.15, 0.2) is 5.76 Å². The third kappa shape index (κ3) is 4.51. The Morgan fingerprint density at radius 1 is 1.25 bits per heavy atom. The fourth-order valence-corrected chi connectivity index (χ4v) is 1.41. The van der Waals surface area contributed by atoms with E-state index in [1.54, 1.807) is 12.1 Å². The van der Waals surface area contributed by atoms with E-state index in [1.165, 1.54) is 6.26 Å². The minimum Gasteiger partial charge on any atom is -0.459 e. The molecule has 0 aliphatic carbocycles. The SMILES string of the molecule is CC.CCCN(CCC)C(=O)c1ccco1. The molecule has 0 fully saturated rings. The summed E-state index contributed by atoms with van der Waals surface area (Å²) >= 11 is 0. The number of rotatable bonds is 5. The normalized spacial score (nSPS) is 9.25. The van der Waals surface area contributed by atoms with Crippen molar-refractivity contribution < 1.29 is 9.21 Å². The van der Waals surface area contributed by atoms with Gasteiger partial charge in [0, 0.05) is 13.1 Å². The van der Waals surface area contributed by atoms with Crippen LogP contribution in [0.4, 0.5) is 0 Å². The van der Waals surface area contributed by atoms with Crippen LogP contribution < -0.4 is 0 Å². The summed E-state index contributed by atoms with van der Waals surface area (Å²) in [5, 5.41) is 0. The fraction of sp³-hybridized carbons (Fsp3) is 0.615. The molecule has 0 aliphatic rings. The lowest BCUT2D eigenvalue weighted by Gasteiger charge is -2.19. The third-order valence-electron chi connectivity index (χ3n) is 2.01. The summed E-state index contributed by atoms with van der Waals surface area (Å²) < 4.78 is 5.08. The zero-order valence-corrected chi connectivity index (χ0v) is 10.8. The first-order valence-electron chi connectivity index (χ1n) is 6.12. The molecule has 0 N–H and O–H groups in total. The van der Waals surface area contributed by atoms with Gasteiger partial charge in [-0.15, -0.1) is 0 Å². The van der Waals surface area contributed by atoms with Gasteiger partial charge in [-0.3, -0.25) is 4.79 Å². The molecule has 0 saturated carbocycles. The summed E-state index contributed by atoms with van der Waals surface area (Å²) in [5.74, 6) is 0.436. The van der Waals surface area contributed by atoms with Gasteiger partial charge in [0.2, 0.25) is 0 Å². The lowest BCUT2D eigenvalue weighted by atomic mass is 10.3. The van der Waals surface area contributed by atoms with E-state index in [2.05, 4.69) is 13.8 Å².